The zero-order valence-corrected chi connectivity index (χ0v) is 8.04. The van der Waals surface area contributed by atoms with Gasteiger partial charge in [-0.05, 0) is 12.1 Å². The third kappa shape index (κ3) is 2.19. The van der Waals surface area contributed by atoms with Crippen LogP contribution in [0.5, 0.6) is 0 Å². The first kappa shape index (κ1) is 11.3. The summed E-state index contributed by atoms with van der Waals surface area (Å²) < 4.78 is 36.9. The molecule has 0 aliphatic carbocycles. The van der Waals surface area contributed by atoms with Gasteiger partial charge in [-0.25, -0.2) is 0 Å². The molecular formula is C8H3Cl2F3O. The lowest BCUT2D eigenvalue weighted by molar-refractivity contribution is -0.137. The van der Waals surface area contributed by atoms with Crippen molar-refractivity contribution in [1.82, 2.24) is 0 Å². The number of hydrogen-bond donors (Lipinski definition) is 0. The van der Waals surface area contributed by atoms with Crippen LogP contribution in [0.2, 0.25) is 10.0 Å². The van der Waals surface area contributed by atoms with Crippen molar-refractivity contribution in [2.45, 2.75) is 6.18 Å². The molecule has 0 N–H and O–H groups in total. The number of carbonyl (C=O) groups is 1. The van der Waals surface area contributed by atoms with Crippen LogP contribution in [0.3, 0.4) is 0 Å². The van der Waals surface area contributed by atoms with Crippen molar-refractivity contribution < 1.29 is 18.0 Å². The molecule has 76 valence electrons. The molecule has 0 spiro atoms. The first-order chi connectivity index (χ1) is 6.36. The van der Waals surface area contributed by atoms with E-state index in [2.05, 4.69) is 0 Å². The standard InChI is InChI=1S/C8H3Cl2F3O/c9-6-2-4(3-14)1-5(7(6)10)8(11,12)13/h1-3H. The first-order valence-corrected chi connectivity index (χ1v) is 4.13. The van der Waals surface area contributed by atoms with Gasteiger partial charge in [-0.15, -0.1) is 0 Å². The molecule has 0 aliphatic rings. The molecule has 0 amide bonds. The van der Waals surface area contributed by atoms with Crippen LogP contribution >= 0.6 is 23.2 Å². The fourth-order valence-corrected chi connectivity index (χ4v) is 1.33. The molecule has 0 fully saturated rings. The molecule has 0 bridgehead atoms. The van der Waals surface area contributed by atoms with E-state index in [1.54, 1.807) is 0 Å². The summed E-state index contributed by atoms with van der Waals surface area (Å²) >= 11 is 10.8. The molecule has 0 radical (unpaired) electrons. The minimum absolute atomic E-state index is 0.160. The van der Waals surface area contributed by atoms with Gasteiger partial charge in [0.2, 0.25) is 0 Å². The van der Waals surface area contributed by atoms with Crippen molar-refractivity contribution in [2.75, 3.05) is 0 Å². The second-order valence-corrected chi connectivity index (χ2v) is 3.27. The number of halogens is 5. The Morgan fingerprint density at radius 3 is 2.21 bits per heavy atom. The highest BCUT2D eigenvalue weighted by atomic mass is 35.5. The van der Waals surface area contributed by atoms with Crippen LogP contribution in [-0.2, 0) is 6.18 Å². The van der Waals surface area contributed by atoms with Crippen molar-refractivity contribution in [3.8, 4) is 0 Å². The molecule has 0 aromatic heterocycles. The van der Waals surface area contributed by atoms with Crippen molar-refractivity contribution in [3.63, 3.8) is 0 Å². The molecule has 0 aliphatic heterocycles. The lowest BCUT2D eigenvalue weighted by Crippen LogP contribution is -2.06. The van der Waals surface area contributed by atoms with Gasteiger partial charge in [-0.2, -0.15) is 13.2 Å². The largest absolute Gasteiger partial charge is 0.417 e. The highest BCUT2D eigenvalue weighted by Crippen LogP contribution is 2.38. The molecule has 6 heteroatoms. The van der Waals surface area contributed by atoms with Crippen LogP contribution in [0.25, 0.3) is 0 Å². The van der Waals surface area contributed by atoms with E-state index in [4.69, 9.17) is 23.2 Å². The van der Waals surface area contributed by atoms with E-state index in [-0.39, 0.29) is 16.9 Å². The quantitative estimate of drug-likeness (QED) is 0.685. The Balaban J connectivity index is 3.42. The smallest absolute Gasteiger partial charge is 0.298 e. The van der Waals surface area contributed by atoms with Gasteiger partial charge >= 0.3 is 6.18 Å². The lowest BCUT2D eigenvalue weighted by atomic mass is 10.1. The SMILES string of the molecule is O=Cc1cc(Cl)c(Cl)c(C(F)(F)F)c1. The summed E-state index contributed by atoms with van der Waals surface area (Å²) in [4.78, 5) is 10.3. The maximum atomic E-state index is 12.3. The average Bonchev–Trinajstić information content (AvgIpc) is 2.07. The van der Waals surface area contributed by atoms with Crippen molar-refractivity contribution in [1.29, 1.82) is 0 Å². The van der Waals surface area contributed by atoms with E-state index in [0.717, 1.165) is 6.07 Å². The summed E-state index contributed by atoms with van der Waals surface area (Å²) in [6, 6.07) is 1.73. The number of aldehydes is 1. The highest BCUT2D eigenvalue weighted by Gasteiger charge is 2.34. The highest BCUT2D eigenvalue weighted by molar-refractivity contribution is 6.42. The zero-order valence-electron chi connectivity index (χ0n) is 6.53. The van der Waals surface area contributed by atoms with E-state index in [9.17, 15) is 18.0 Å². The average molecular weight is 243 g/mol. The molecule has 1 rings (SSSR count). The van der Waals surface area contributed by atoms with Crippen molar-refractivity contribution in [2.24, 2.45) is 0 Å². The molecule has 14 heavy (non-hydrogen) atoms. The molecule has 0 unspecified atom stereocenters. The van der Waals surface area contributed by atoms with Crippen molar-refractivity contribution >= 4 is 29.5 Å². The topological polar surface area (TPSA) is 17.1 Å². The van der Waals surface area contributed by atoms with Crippen molar-refractivity contribution in [3.05, 3.63) is 33.3 Å². The molecule has 0 atom stereocenters. The normalized spacial score (nSPS) is 11.5. The summed E-state index contributed by atoms with van der Waals surface area (Å²) in [5, 5.41) is -0.881. The minimum Gasteiger partial charge on any atom is -0.298 e. The van der Waals surface area contributed by atoms with Gasteiger partial charge in [-0.1, -0.05) is 23.2 Å². The van der Waals surface area contributed by atoms with Gasteiger partial charge in [0.25, 0.3) is 0 Å². The van der Waals surface area contributed by atoms with E-state index >= 15 is 0 Å². The third-order valence-corrected chi connectivity index (χ3v) is 2.29. The van der Waals surface area contributed by atoms with E-state index in [1.807, 2.05) is 0 Å². The number of hydrogen-bond acceptors (Lipinski definition) is 1. The van der Waals surface area contributed by atoms with Gasteiger partial charge < -0.3 is 0 Å². The second-order valence-electron chi connectivity index (χ2n) is 2.48. The Morgan fingerprint density at radius 1 is 1.21 bits per heavy atom. The van der Waals surface area contributed by atoms with Crippen LogP contribution in [0.4, 0.5) is 13.2 Å². The van der Waals surface area contributed by atoms with E-state index in [0.29, 0.717) is 6.07 Å². The fraction of sp³-hybridized carbons (Fsp3) is 0.125. The number of carbonyl (C=O) groups excluding carboxylic acids is 1. The monoisotopic (exact) mass is 242 g/mol. The number of rotatable bonds is 1. The lowest BCUT2D eigenvalue weighted by Gasteiger charge is -2.10. The first-order valence-electron chi connectivity index (χ1n) is 3.37. The maximum absolute atomic E-state index is 12.3. The molecule has 0 saturated carbocycles. The Morgan fingerprint density at radius 2 is 1.79 bits per heavy atom. The molecule has 1 aromatic rings. The van der Waals surface area contributed by atoms with Gasteiger partial charge in [0, 0.05) is 5.56 Å². The Bertz CT molecular complexity index is 374. The van der Waals surface area contributed by atoms with Crippen LogP contribution in [0.1, 0.15) is 15.9 Å². The van der Waals surface area contributed by atoms with E-state index in [1.165, 1.54) is 0 Å². The molecule has 0 heterocycles. The van der Waals surface area contributed by atoms with Gasteiger partial charge in [0.15, 0.2) is 0 Å². The predicted molar refractivity (Wildman–Crippen MR) is 46.9 cm³/mol. The maximum Gasteiger partial charge on any atom is 0.417 e. The van der Waals surface area contributed by atoms with E-state index < -0.39 is 16.8 Å². The molecular weight excluding hydrogens is 240 g/mol. The fourth-order valence-electron chi connectivity index (χ4n) is 0.884. The summed E-state index contributed by atoms with van der Waals surface area (Å²) in [5.41, 5.74) is -1.26. The van der Waals surface area contributed by atoms with Crippen LogP contribution in [0, 0.1) is 0 Å². The molecule has 0 saturated heterocycles. The predicted octanol–water partition coefficient (Wildman–Crippen LogP) is 3.82. The zero-order chi connectivity index (χ0) is 10.9. The molecule has 1 nitrogen and oxygen atoms in total. The minimum atomic E-state index is -4.61. The number of benzene rings is 1. The Hall–Kier alpha value is -0.740. The van der Waals surface area contributed by atoms with Gasteiger partial charge in [0.1, 0.15) is 6.29 Å². The van der Waals surface area contributed by atoms with Gasteiger partial charge in [0.05, 0.1) is 15.6 Å². The molecule has 1 aromatic carbocycles. The summed E-state index contributed by atoms with van der Waals surface area (Å²) in [5.74, 6) is 0. The van der Waals surface area contributed by atoms with Crippen LogP contribution < -0.4 is 0 Å². The third-order valence-electron chi connectivity index (χ3n) is 1.49. The van der Waals surface area contributed by atoms with Gasteiger partial charge in [-0.3, -0.25) is 4.79 Å². The Labute approximate surface area is 87.4 Å². The Kier molecular flexibility index (Phi) is 3.07. The number of alkyl halides is 3. The van der Waals surface area contributed by atoms with Crippen LogP contribution in [-0.4, -0.2) is 6.29 Å². The summed E-state index contributed by atoms with van der Waals surface area (Å²) in [7, 11) is 0. The summed E-state index contributed by atoms with van der Waals surface area (Å²) in [6.07, 6.45) is -4.34. The second kappa shape index (κ2) is 3.79. The summed E-state index contributed by atoms with van der Waals surface area (Å²) in [6.45, 7) is 0. The van der Waals surface area contributed by atoms with Crippen LogP contribution in [0.15, 0.2) is 12.1 Å².